The summed E-state index contributed by atoms with van der Waals surface area (Å²) in [6.07, 6.45) is 1.15. The van der Waals surface area contributed by atoms with E-state index in [1.165, 1.54) is 5.56 Å². The van der Waals surface area contributed by atoms with E-state index in [9.17, 15) is 4.79 Å². The molecule has 1 fully saturated rings. The highest BCUT2D eigenvalue weighted by atomic mass is 16.1. The van der Waals surface area contributed by atoms with E-state index >= 15 is 0 Å². The van der Waals surface area contributed by atoms with Gasteiger partial charge >= 0.3 is 0 Å². The number of benzene rings is 1. The first-order valence-electron chi connectivity index (χ1n) is 7.19. The summed E-state index contributed by atoms with van der Waals surface area (Å²) in [5, 5.41) is 6.44. The molecule has 0 saturated carbocycles. The average Bonchev–Trinajstić information content (AvgIpc) is 2.92. The third-order valence-electron chi connectivity index (χ3n) is 4.00. The molecule has 1 heterocycles. The van der Waals surface area contributed by atoms with Gasteiger partial charge < -0.3 is 10.6 Å². The van der Waals surface area contributed by atoms with Crippen molar-refractivity contribution in [1.82, 2.24) is 10.6 Å². The second kappa shape index (κ2) is 6.20. The molecule has 0 spiro atoms. The van der Waals surface area contributed by atoms with Gasteiger partial charge in [0.05, 0.1) is 0 Å². The molecule has 1 aromatic rings. The Bertz CT molecular complexity index is 419. The number of rotatable bonds is 4. The van der Waals surface area contributed by atoms with Crippen molar-refractivity contribution in [2.24, 2.45) is 5.92 Å². The molecule has 2 rings (SSSR count). The second-order valence-corrected chi connectivity index (χ2v) is 5.79. The number of hydrogen-bond acceptors (Lipinski definition) is 2. The van der Waals surface area contributed by atoms with Crippen molar-refractivity contribution in [3.63, 3.8) is 0 Å². The molecule has 0 aliphatic carbocycles. The number of carbonyl (C=O) groups excluding carboxylic acids is 1. The largest absolute Gasteiger partial charge is 0.349 e. The van der Waals surface area contributed by atoms with Crippen molar-refractivity contribution < 1.29 is 4.79 Å². The van der Waals surface area contributed by atoms with Crippen molar-refractivity contribution in [2.75, 3.05) is 13.1 Å². The molecule has 0 bridgehead atoms. The molecular formula is C16H24N2O. The minimum absolute atomic E-state index is 0.0368. The van der Waals surface area contributed by atoms with Gasteiger partial charge in [-0.1, -0.05) is 26.0 Å². The number of amides is 1. The van der Waals surface area contributed by atoms with E-state index in [0.29, 0.717) is 11.8 Å². The molecule has 104 valence electrons. The van der Waals surface area contributed by atoms with Crippen molar-refractivity contribution in [3.05, 3.63) is 35.4 Å². The van der Waals surface area contributed by atoms with Gasteiger partial charge in [0.2, 0.25) is 0 Å². The molecule has 1 aromatic carbocycles. The van der Waals surface area contributed by atoms with Crippen LogP contribution in [0.15, 0.2) is 24.3 Å². The summed E-state index contributed by atoms with van der Waals surface area (Å²) in [7, 11) is 0. The summed E-state index contributed by atoms with van der Waals surface area (Å²) in [6, 6.07) is 8.16. The van der Waals surface area contributed by atoms with Crippen molar-refractivity contribution in [3.8, 4) is 0 Å². The molecule has 0 radical (unpaired) electrons. The van der Waals surface area contributed by atoms with Crippen LogP contribution in [0.4, 0.5) is 0 Å². The fraction of sp³-hybridized carbons (Fsp3) is 0.562. The maximum absolute atomic E-state index is 12.2. The summed E-state index contributed by atoms with van der Waals surface area (Å²) in [5.41, 5.74) is 2.02. The van der Waals surface area contributed by atoms with Crippen LogP contribution in [0.25, 0.3) is 0 Å². The van der Waals surface area contributed by atoms with Gasteiger partial charge in [-0.25, -0.2) is 0 Å². The van der Waals surface area contributed by atoms with Gasteiger partial charge in [-0.15, -0.1) is 0 Å². The van der Waals surface area contributed by atoms with E-state index in [2.05, 4.69) is 31.4 Å². The van der Waals surface area contributed by atoms with E-state index in [1.54, 1.807) is 0 Å². The van der Waals surface area contributed by atoms with Gasteiger partial charge in [-0.05, 0) is 56.0 Å². The van der Waals surface area contributed by atoms with E-state index in [-0.39, 0.29) is 11.9 Å². The molecule has 19 heavy (non-hydrogen) atoms. The Morgan fingerprint density at radius 3 is 2.47 bits per heavy atom. The van der Waals surface area contributed by atoms with Gasteiger partial charge in [0.1, 0.15) is 0 Å². The zero-order valence-electron chi connectivity index (χ0n) is 12.1. The normalized spacial score (nSPS) is 20.5. The second-order valence-electron chi connectivity index (χ2n) is 5.79. The molecule has 3 nitrogen and oxygen atoms in total. The van der Waals surface area contributed by atoms with Crippen LogP contribution in [0, 0.1) is 5.92 Å². The fourth-order valence-electron chi connectivity index (χ4n) is 2.53. The van der Waals surface area contributed by atoms with Crippen LogP contribution in [-0.2, 0) is 0 Å². The minimum atomic E-state index is 0.0368. The lowest BCUT2D eigenvalue weighted by molar-refractivity contribution is 0.0929. The highest BCUT2D eigenvalue weighted by molar-refractivity contribution is 5.94. The lowest BCUT2D eigenvalue weighted by atomic mass is 9.99. The molecule has 2 unspecified atom stereocenters. The molecule has 2 atom stereocenters. The minimum Gasteiger partial charge on any atom is -0.349 e. The molecule has 3 heteroatoms. The average molecular weight is 260 g/mol. The lowest BCUT2D eigenvalue weighted by Gasteiger charge is -2.20. The Kier molecular flexibility index (Phi) is 4.59. The summed E-state index contributed by atoms with van der Waals surface area (Å²) in [5.74, 6) is 1.09. The van der Waals surface area contributed by atoms with E-state index < -0.39 is 0 Å². The smallest absolute Gasteiger partial charge is 0.251 e. The summed E-state index contributed by atoms with van der Waals surface area (Å²) >= 11 is 0. The van der Waals surface area contributed by atoms with Crippen LogP contribution in [0.3, 0.4) is 0 Å². The molecule has 1 amide bonds. The first-order valence-corrected chi connectivity index (χ1v) is 7.19. The Hall–Kier alpha value is -1.35. The van der Waals surface area contributed by atoms with Gasteiger partial charge in [-0.3, -0.25) is 4.79 Å². The van der Waals surface area contributed by atoms with Crippen LogP contribution in [0.2, 0.25) is 0 Å². The summed E-state index contributed by atoms with van der Waals surface area (Å²) in [4.78, 5) is 12.2. The zero-order valence-corrected chi connectivity index (χ0v) is 12.1. The molecule has 1 aliphatic rings. The van der Waals surface area contributed by atoms with Gasteiger partial charge in [-0.2, -0.15) is 0 Å². The lowest BCUT2D eigenvalue weighted by Crippen LogP contribution is -2.38. The Labute approximate surface area is 115 Å². The van der Waals surface area contributed by atoms with Crippen LogP contribution in [-0.4, -0.2) is 25.0 Å². The van der Waals surface area contributed by atoms with Crippen molar-refractivity contribution in [1.29, 1.82) is 0 Å². The monoisotopic (exact) mass is 260 g/mol. The van der Waals surface area contributed by atoms with Gasteiger partial charge in [0.25, 0.3) is 5.91 Å². The SMILES string of the molecule is CC(C)c1ccc(C(=O)NC(C)C2CCNC2)cc1. The van der Waals surface area contributed by atoms with Gasteiger partial charge in [0.15, 0.2) is 0 Å². The summed E-state index contributed by atoms with van der Waals surface area (Å²) in [6.45, 7) is 8.48. The first kappa shape index (κ1) is 14.1. The van der Waals surface area contributed by atoms with Crippen molar-refractivity contribution >= 4 is 5.91 Å². The van der Waals surface area contributed by atoms with E-state index in [1.807, 2.05) is 24.3 Å². The van der Waals surface area contributed by atoms with Gasteiger partial charge in [0, 0.05) is 11.6 Å². The maximum Gasteiger partial charge on any atom is 0.251 e. The zero-order chi connectivity index (χ0) is 13.8. The number of hydrogen-bond donors (Lipinski definition) is 2. The molecule has 0 aromatic heterocycles. The Morgan fingerprint density at radius 1 is 1.26 bits per heavy atom. The molecule has 1 saturated heterocycles. The van der Waals surface area contributed by atoms with Crippen molar-refractivity contribution in [2.45, 2.75) is 39.2 Å². The molecular weight excluding hydrogens is 236 g/mol. The fourth-order valence-corrected chi connectivity index (χ4v) is 2.53. The van der Waals surface area contributed by atoms with Crippen LogP contribution in [0.1, 0.15) is 49.0 Å². The maximum atomic E-state index is 12.2. The van der Waals surface area contributed by atoms with Crippen LogP contribution in [0.5, 0.6) is 0 Å². The predicted molar refractivity (Wildman–Crippen MR) is 78.4 cm³/mol. The third-order valence-corrected chi connectivity index (χ3v) is 4.00. The first-order chi connectivity index (χ1) is 9.08. The summed E-state index contributed by atoms with van der Waals surface area (Å²) < 4.78 is 0. The number of carbonyl (C=O) groups is 1. The predicted octanol–water partition coefficient (Wildman–Crippen LogP) is 2.54. The Balaban J connectivity index is 1.95. The number of nitrogens with one attached hydrogen (secondary N) is 2. The topological polar surface area (TPSA) is 41.1 Å². The quantitative estimate of drug-likeness (QED) is 0.873. The molecule has 2 N–H and O–H groups in total. The highest BCUT2D eigenvalue weighted by Gasteiger charge is 2.22. The van der Waals surface area contributed by atoms with Crippen LogP contribution < -0.4 is 10.6 Å². The van der Waals surface area contributed by atoms with E-state index in [4.69, 9.17) is 0 Å². The molecule has 1 aliphatic heterocycles. The highest BCUT2D eigenvalue weighted by Crippen LogP contribution is 2.16. The van der Waals surface area contributed by atoms with E-state index in [0.717, 1.165) is 25.1 Å². The third kappa shape index (κ3) is 3.57. The standard InChI is InChI=1S/C16H24N2O/c1-11(2)13-4-6-14(7-5-13)16(19)18-12(3)15-8-9-17-10-15/h4-7,11-12,15,17H,8-10H2,1-3H3,(H,18,19). The Morgan fingerprint density at radius 2 is 1.95 bits per heavy atom. The van der Waals surface area contributed by atoms with Crippen LogP contribution >= 0.6 is 0 Å².